The zero-order chi connectivity index (χ0) is 20.4. The molecule has 1 rings (SSSR count). The molecule has 8 heteroatoms. The molecule has 0 aliphatic carbocycles. The summed E-state index contributed by atoms with van der Waals surface area (Å²) in [7, 11) is 1.71. The average Bonchev–Trinajstić information content (AvgIpc) is 2.59. The van der Waals surface area contributed by atoms with E-state index >= 15 is 0 Å². The number of carbonyl (C=O) groups excluding carboxylic acids is 3. The van der Waals surface area contributed by atoms with Crippen LogP contribution in [0.4, 0.5) is 10.5 Å². The third-order valence-corrected chi connectivity index (χ3v) is 3.84. The van der Waals surface area contributed by atoms with Gasteiger partial charge in [-0.3, -0.25) is 9.59 Å². The van der Waals surface area contributed by atoms with E-state index in [9.17, 15) is 14.4 Å². The van der Waals surface area contributed by atoms with Crippen molar-refractivity contribution in [3.63, 3.8) is 0 Å². The number of esters is 1. The standard InChI is InChI=1S/C19H30N4O4/c1-19(2,3)17(25)27-12-13-7-9-14(10-8-13)23-16(24)15(21-4)6-5-11-22-18(20)26/h7-10,15,21H,5-6,11-12H2,1-4H3,(H,23,24)(H3,20,22,26)/t15-/m0/s1. The van der Waals surface area contributed by atoms with Gasteiger partial charge in [0.15, 0.2) is 0 Å². The number of rotatable bonds is 9. The molecule has 0 aliphatic rings. The van der Waals surface area contributed by atoms with Crippen LogP contribution in [0.25, 0.3) is 0 Å². The Bertz CT molecular complexity index is 638. The summed E-state index contributed by atoms with van der Waals surface area (Å²) in [5.74, 6) is -0.425. The number of primary amides is 1. The minimum Gasteiger partial charge on any atom is -0.460 e. The van der Waals surface area contributed by atoms with Gasteiger partial charge in [0, 0.05) is 12.2 Å². The summed E-state index contributed by atoms with van der Waals surface area (Å²) >= 11 is 0. The second kappa shape index (κ2) is 10.5. The van der Waals surface area contributed by atoms with Crippen molar-refractivity contribution in [2.45, 2.75) is 46.3 Å². The maximum atomic E-state index is 12.3. The lowest BCUT2D eigenvalue weighted by Crippen LogP contribution is -2.39. The van der Waals surface area contributed by atoms with Gasteiger partial charge in [-0.2, -0.15) is 0 Å². The minimum absolute atomic E-state index is 0.163. The van der Waals surface area contributed by atoms with Gasteiger partial charge in [-0.1, -0.05) is 12.1 Å². The Kier molecular flexibility index (Phi) is 8.74. The summed E-state index contributed by atoms with van der Waals surface area (Å²) in [6.07, 6.45) is 1.18. The smallest absolute Gasteiger partial charge is 0.312 e. The fraction of sp³-hybridized carbons (Fsp3) is 0.526. The molecule has 27 heavy (non-hydrogen) atoms. The highest BCUT2D eigenvalue weighted by Crippen LogP contribution is 2.17. The van der Waals surface area contributed by atoms with Crippen molar-refractivity contribution in [1.82, 2.24) is 10.6 Å². The van der Waals surface area contributed by atoms with Crippen molar-refractivity contribution in [3.05, 3.63) is 29.8 Å². The topological polar surface area (TPSA) is 123 Å². The molecule has 0 aromatic heterocycles. The van der Waals surface area contributed by atoms with E-state index in [0.29, 0.717) is 25.1 Å². The van der Waals surface area contributed by atoms with Crippen molar-refractivity contribution >= 4 is 23.6 Å². The highest BCUT2D eigenvalue weighted by atomic mass is 16.5. The second-order valence-corrected chi connectivity index (χ2v) is 7.29. The summed E-state index contributed by atoms with van der Waals surface area (Å²) in [6.45, 7) is 6.02. The molecule has 0 unspecified atom stereocenters. The predicted molar refractivity (Wildman–Crippen MR) is 104 cm³/mol. The van der Waals surface area contributed by atoms with E-state index < -0.39 is 11.4 Å². The number of anilines is 1. The van der Waals surface area contributed by atoms with Crippen LogP contribution in [0.15, 0.2) is 24.3 Å². The monoisotopic (exact) mass is 378 g/mol. The Labute approximate surface area is 160 Å². The third kappa shape index (κ3) is 8.54. The van der Waals surface area contributed by atoms with Gasteiger partial charge in [0.1, 0.15) is 6.61 Å². The van der Waals surface area contributed by atoms with Gasteiger partial charge in [-0.05, 0) is 58.4 Å². The van der Waals surface area contributed by atoms with Crippen LogP contribution in [0.5, 0.6) is 0 Å². The van der Waals surface area contributed by atoms with Crippen LogP contribution in [0.3, 0.4) is 0 Å². The van der Waals surface area contributed by atoms with Crippen LogP contribution in [-0.2, 0) is 20.9 Å². The molecule has 150 valence electrons. The zero-order valence-electron chi connectivity index (χ0n) is 16.4. The molecule has 1 aromatic rings. The third-order valence-electron chi connectivity index (χ3n) is 3.84. The first-order chi connectivity index (χ1) is 12.6. The maximum Gasteiger partial charge on any atom is 0.312 e. The van der Waals surface area contributed by atoms with Crippen LogP contribution in [-0.4, -0.2) is 37.5 Å². The molecule has 8 nitrogen and oxygen atoms in total. The van der Waals surface area contributed by atoms with E-state index in [1.165, 1.54) is 0 Å². The first kappa shape index (κ1) is 22.4. The number of urea groups is 1. The fourth-order valence-electron chi connectivity index (χ4n) is 2.20. The number of benzene rings is 1. The van der Waals surface area contributed by atoms with Crippen molar-refractivity contribution in [1.29, 1.82) is 0 Å². The molecule has 0 saturated heterocycles. The van der Waals surface area contributed by atoms with E-state index in [1.807, 2.05) is 0 Å². The fourth-order valence-corrected chi connectivity index (χ4v) is 2.20. The van der Waals surface area contributed by atoms with Crippen molar-refractivity contribution < 1.29 is 19.1 Å². The molecule has 3 amide bonds. The number of nitrogens with two attached hydrogens (primary N) is 1. The molecule has 0 spiro atoms. The Balaban J connectivity index is 2.49. The normalized spacial score (nSPS) is 12.1. The Morgan fingerprint density at radius 1 is 1.15 bits per heavy atom. The van der Waals surface area contributed by atoms with Crippen molar-refractivity contribution in [2.24, 2.45) is 11.1 Å². The largest absolute Gasteiger partial charge is 0.460 e. The molecule has 0 aliphatic heterocycles. The van der Waals surface area contributed by atoms with Crippen LogP contribution in [0.2, 0.25) is 0 Å². The van der Waals surface area contributed by atoms with Crippen molar-refractivity contribution in [2.75, 3.05) is 18.9 Å². The number of amides is 3. The van der Waals surface area contributed by atoms with E-state index in [1.54, 1.807) is 52.1 Å². The first-order valence-electron chi connectivity index (χ1n) is 8.91. The Morgan fingerprint density at radius 3 is 2.30 bits per heavy atom. The lowest BCUT2D eigenvalue weighted by molar-refractivity contribution is -0.154. The molecule has 1 aromatic carbocycles. The lowest BCUT2D eigenvalue weighted by atomic mass is 9.97. The number of hydrogen-bond donors (Lipinski definition) is 4. The minimum atomic E-state index is -0.575. The maximum absolute atomic E-state index is 12.3. The molecule has 0 heterocycles. The Hall–Kier alpha value is -2.61. The van der Waals surface area contributed by atoms with Crippen LogP contribution in [0.1, 0.15) is 39.2 Å². The molecular weight excluding hydrogens is 348 g/mol. The number of ether oxygens (including phenoxy) is 1. The summed E-state index contributed by atoms with van der Waals surface area (Å²) in [5, 5.41) is 8.29. The molecule has 0 radical (unpaired) electrons. The van der Waals surface area contributed by atoms with Gasteiger partial charge in [-0.25, -0.2) is 4.79 Å². The zero-order valence-corrected chi connectivity index (χ0v) is 16.4. The molecule has 0 saturated carbocycles. The van der Waals surface area contributed by atoms with Gasteiger partial charge in [0.05, 0.1) is 11.5 Å². The highest BCUT2D eigenvalue weighted by molar-refractivity contribution is 5.94. The highest BCUT2D eigenvalue weighted by Gasteiger charge is 2.23. The van der Waals surface area contributed by atoms with E-state index in [0.717, 1.165) is 5.56 Å². The summed E-state index contributed by atoms with van der Waals surface area (Å²) < 4.78 is 5.27. The van der Waals surface area contributed by atoms with Crippen LogP contribution < -0.4 is 21.7 Å². The molecular formula is C19H30N4O4. The first-order valence-corrected chi connectivity index (χ1v) is 8.91. The second-order valence-electron chi connectivity index (χ2n) is 7.29. The van der Waals surface area contributed by atoms with E-state index in [-0.39, 0.29) is 24.5 Å². The number of carbonyl (C=O) groups is 3. The predicted octanol–water partition coefficient (Wildman–Crippen LogP) is 1.75. The van der Waals surface area contributed by atoms with Gasteiger partial charge in [0.25, 0.3) is 0 Å². The average molecular weight is 378 g/mol. The number of hydrogen-bond acceptors (Lipinski definition) is 5. The SMILES string of the molecule is CN[C@@H](CCCNC(N)=O)C(=O)Nc1ccc(COC(=O)C(C)(C)C)cc1. The molecule has 5 N–H and O–H groups in total. The van der Waals surface area contributed by atoms with Gasteiger partial charge < -0.3 is 26.4 Å². The quantitative estimate of drug-likeness (QED) is 0.385. The summed E-state index contributed by atoms with van der Waals surface area (Å²) in [5.41, 5.74) is 5.96. The summed E-state index contributed by atoms with van der Waals surface area (Å²) in [6, 6.07) is 6.17. The summed E-state index contributed by atoms with van der Waals surface area (Å²) in [4.78, 5) is 34.8. The van der Waals surface area contributed by atoms with E-state index in [2.05, 4.69) is 16.0 Å². The van der Waals surface area contributed by atoms with Gasteiger partial charge >= 0.3 is 12.0 Å². The number of likely N-dealkylation sites (N-methyl/N-ethyl adjacent to an activating group) is 1. The Morgan fingerprint density at radius 2 is 1.78 bits per heavy atom. The lowest BCUT2D eigenvalue weighted by Gasteiger charge is -2.17. The van der Waals surface area contributed by atoms with Gasteiger partial charge in [0.2, 0.25) is 5.91 Å². The molecule has 0 bridgehead atoms. The van der Waals surface area contributed by atoms with E-state index in [4.69, 9.17) is 10.5 Å². The molecule has 1 atom stereocenters. The van der Waals surface area contributed by atoms with Crippen molar-refractivity contribution in [3.8, 4) is 0 Å². The van der Waals surface area contributed by atoms with Crippen LogP contribution in [0, 0.1) is 5.41 Å². The molecule has 0 fully saturated rings. The van der Waals surface area contributed by atoms with Crippen LogP contribution >= 0.6 is 0 Å². The number of nitrogens with one attached hydrogen (secondary N) is 3. The van der Waals surface area contributed by atoms with Gasteiger partial charge in [-0.15, -0.1) is 0 Å².